The van der Waals surface area contributed by atoms with Crippen LogP contribution in [0.2, 0.25) is 0 Å². The van der Waals surface area contributed by atoms with Gasteiger partial charge in [0, 0.05) is 0 Å². The van der Waals surface area contributed by atoms with E-state index in [0.717, 1.165) is 26.1 Å². The van der Waals surface area contributed by atoms with Gasteiger partial charge in [0.15, 0.2) is 0 Å². The van der Waals surface area contributed by atoms with Crippen molar-refractivity contribution in [3.8, 4) is 0 Å². The molecule has 0 aromatic carbocycles. The second-order valence-corrected chi connectivity index (χ2v) is 2.94. The lowest BCUT2D eigenvalue weighted by atomic mass is 10.2. The first-order valence-corrected chi connectivity index (χ1v) is 3.84. The third-order valence-corrected chi connectivity index (χ3v) is 1.89. The molecule has 2 heteroatoms. The fourth-order valence-electron chi connectivity index (χ4n) is 0.985. The third-order valence-electron chi connectivity index (χ3n) is 1.89. The summed E-state index contributed by atoms with van der Waals surface area (Å²) in [5.74, 6) is 0. The van der Waals surface area contributed by atoms with Crippen molar-refractivity contribution in [2.75, 3.05) is 19.6 Å². The number of hydrogen-bond acceptors (Lipinski definition) is 1. The highest BCUT2D eigenvalue weighted by Gasteiger charge is 2.30. The van der Waals surface area contributed by atoms with Crippen LogP contribution in [-0.2, 0) is 0 Å². The van der Waals surface area contributed by atoms with Gasteiger partial charge in [-0.05, 0) is 12.8 Å². The molecule has 0 bridgehead atoms. The van der Waals surface area contributed by atoms with Gasteiger partial charge in [0.05, 0.1) is 6.54 Å². The number of hydroxylamine groups is 3. The van der Waals surface area contributed by atoms with E-state index in [1.54, 1.807) is 0 Å². The molecule has 9 heavy (non-hydrogen) atoms. The Kier molecular flexibility index (Phi) is 2.09. The topological polar surface area (TPSA) is 23.1 Å². The zero-order valence-corrected chi connectivity index (χ0v) is 6.10. The molecular weight excluding hydrogens is 114 g/mol. The average Bonchev–Trinajstić information content (AvgIpc) is 2.50. The lowest BCUT2D eigenvalue weighted by molar-refractivity contribution is -0.744. The van der Waals surface area contributed by atoms with Crippen LogP contribution in [0.15, 0.2) is 0 Å². The largest absolute Gasteiger partial charge is 0.632 e. The van der Waals surface area contributed by atoms with Gasteiger partial charge in [-0.3, -0.25) is 0 Å². The van der Waals surface area contributed by atoms with Crippen LogP contribution in [0.25, 0.3) is 0 Å². The van der Waals surface area contributed by atoms with Crippen molar-refractivity contribution < 1.29 is 4.65 Å². The van der Waals surface area contributed by atoms with E-state index in [9.17, 15) is 5.21 Å². The summed E-state index contributed by atoms with van der Waals surface area (Å²) in [7, 11) is 0. The van der Waals surface area contributed by atoms with Gasteiger partial charge >= 0.3 is 0 Å². The molecule has 1 heterocycles. The Labute approximate surface area is 56.6 Å². The summed E-state index contributed by atoms with van der Waals surface area (Å²) in [5, 5.41) is 11.0. The van der Waals surface area contributed by atoms with Crippen molar-refractivity contribution in [3.05, 3.63) is 5.21 Å². The molecule has 2 nitrogen and oxygen atoms in total. The normalized spacial score (nSPS) is 22.0. The van der Waals surface area contributed by atoms with Gasteiger partial charge < -0.3 is 9.85 Å². The number of hydrogen-bond donors (Lipinski definition) is 0. The van der Waals surface area contributed by atoms with Gasteiger partial charge in [0.25, 0.3) is 0 Å². The molecule has 1 aliphatic heterocycles. The summed E-state index contributed by atoms with van der Waals surface area (Å²) in [5.41, 5.74) is 0. The third kappa shape index (κ3) is 2.33. The van der Waals surface area contributed by atoms with Crippen molar-refractivity contribution in [1.82, 2.24) is 0 Å². The summed E-state index contributed by atoms with van der Waals surface area (Å²) in [4.78, 5) is 0. The fourth-order valence-corrected chi connectivity index (χ4v) is 0.985. The molecular formula is C7H15NO. The maximum absolute atomic E-state index is 11.0. The molecule has 0 aliphatic carbocycles. The molecule has 0 unspecified atom stereocenters. The summed E-state index contributed by atoms with van der Waals surface area (Å²) in [6.07, 6.45) is 3.57. The predicted octanol–water partition coefficient (Wildman–Crippen LogP) is 1.50. The van der Waals surface area contributed by atoms with Crippen LogP contribution in [0.1, 0.15) is 26.2 Å². The average molecular weight is 129 g/mol. The summed E-state index contributed by atoms with van der Waals surface area (Å²) in [6, 6.07) is 0. The SMILES string of the molecule is CCCCC[N+]1([O-])CC1. The van der Waals surface area contributed by atoms with Crippen molar-refractivity contribution in [1.29, 1.82) is 0 Å². The standard InChI is InChI=1S/C7H15NO/c1-2-3-4-5-8(9)6-7-8/h2-7H2,1H3. The monoisotopic (exact) mass is 129 g/mol. The molecule has 0 spiro atoms. The lowest BCUT2D eigenvalue weighted by Crippen LogP contribution is -2.18. The summed E-state index contributed by atoms with van der Waals surface area (Å²) in [6.45, 7) is 4.79. The Hall–Kier alpha value is -0.0800. The Morgan fingerprint density at radius 3 is 2.44 bits per heavy atom. The zero-order chi connectivity index (χ0) is 6.74. The molecule has 1 aliphatic rings. The minimum atomic E-state index is 0.111. The van der Waals surface area contributed by atoms with Crippen LogP contribution in [0, 0.1) is 5.21 Å². The molecule has 0 aromatic heterocycles. The van der Waals surface area contributed by atoms with E-state index in [1.165, 1.54) is 12.8 Å². The second-order valence-electron chi connectivity index (χ2n) is 2.94. The highest BCUT2D eigenvalue weighted by molar-refractivity contribution is 4.56. The molecule has 0 aromatic rings. The molecule has 1 saturated heterocycles. The minimum Gasteiger partial charge on any atom is -0.632 e. The van der Waals surface area contributed by atoms with Gasteiger partial charge in [-0.25, -0.2) is 0 Å². The summed E-state index contributed by atoms with van der Waals surface area (Å²) < 4.78 is 0.111. The smallest absolute Gasteiger partial charge is 0.129 e. The maximum Gasteiger partial charge on any atom is 0.129 e. The Balaban J connectivity index is 1.92. The van der Waals surface area contributed by atoms with Crippen molar-refractivity contribution in [3.63, 3.8) is 0 Å². The minimum absolute atomic E-state index is 0.111. The van der Waals surface area contributed by atoms with E-state index >= 15 is 0 Å². The van der Waals surface area contributed by atoms with Gasteiger partial charge in [-0.2, -0.15) is 0 Å². The van der Waals surface area contributed by atoms with Crippen LogP contribution in [0.5, 0.6) is 0 Å². The van der Waals surface area contributed by atoms with E-state index in [4.69, 9.17) is 0 Å². The fraction of sp³-hybridized carbons (Fsp3) is 1.00. The molecule has 1 fully saturated rings. The molecule has 0 amide bonds. The Bertz CT molecular complexity index is 88.9. The second kappa shape index (κ2) is 2.67. The first kappa shape index (κ1) is 7.03. The molecule has 1 rings (SSSR count). The molecule has 0 radical (unpaired) electrons. The first-order chi connectivity index (χ1) is 4.27. The van der Waals surface area contributed by atoms with E-state index < -0.39 is 0 Å². The van der Waals surface area contributed by atoms with Crippen LogP contribution in [-0.4, -0.2) is 24.3 Å². The maximum atomic E-state index is 11.0. The molecule has 0 saturated carbocycles. The zero-order valence-electron chi connectivity index (χ0n) is 6.10. The molecule has 54 valence electrons. The van der Waals surface area contributed by atoms with Gasteiger partial charge in [-0.1, -0.05) is 13.3 Å². The number of rotatable bonds is 4. The van der Waals surface area contributed by atoms with Gasteiger partial charge in [-0.15, -0.1) is 0 Å². The van der Waals surface area contributed by atoms with Crippen LogP contribution in [0.4, 0.5) is 0 Å². The highest BCUT2D eigenvalue weighted by atomic mass is 16.6. The van der Waals surface area contributed by atoms with Crippen LogP contribution >= 0.6 is 0 Å². The number of unbranched alkanes of at least 4 members (excludes halogenated alkanes) is 2. The van der Waals surface area contributed by atoms with Crippen molar-refractivity contribution in [2.24, 2.45) is 0 Å². The lowest BCUT2D eigenvalue weighted by Gasteiger charge is -2.20. The van der Waals surface area contributed by atoms with E-state index in [0.29, 0.717) is 0 Å². The number of nitrogens with zero attached hydrogens (tertiary/aromatic N) is 1. The van der Waals surface area contributed by atoms with E-state index in [2.05, 4.69) is 6.92 Å². The summed E-state index contributed by atoms with van der Waals surface area (Å²) >= 11 is 0. The molecule has 0 N–H and O–H groups in total. The highest BCUT2D eigenvalue weighted by Crippen LogP contribution is 2.19. The predicted molar refractivity (Wildman–Crippen MR) is 37.8 cm³/mol. The van der Waals surface area contributed by atoms with Crippen molar-refractivity contribution >= 4 is 0 Å². The van der Waals surface area contributed by atoms with E-state index in [-0.39, 0.29) is 4.65 Å². The Morgan fingerprint density at radius 2 is 2.00 bits per heavy atom. The Morgan fingerprint density at radius 1 is 1.33 bits per heavy atom. The van der Waals surface area contributed by atoms with Gasteiger partial charge in [0.2, 0.25) is 0 Å². The molecule has 0 atom stereocenters. The van der Waals surface area contributed by atoms with Crippen LogP contribution < -0.4 is 0 Å². The van der Waals surface area contributed by atoms with Crippen LogP contribution in [0.3, 0.4) is 0 Å². The van der Waals surface area contributed by atoms with E-state index in [1.807, 2.05) is 0 Å². The van der Waals surface area contributed by atoms with Crippen molar-refractivity contribution in [2.45, 2.75) is 26.2 Å². The first-order valence-electron chi connectivity index (χ1n) is 3.84. The van der Waals surface area contributed by atoms with Gasteiger partial charge in [0.1, 0.15) is 13.1 Å². The number of quaternary nitrogens is 1. The quantitative estimate of drug-likeness (QED) is 0.244.